The molecule has 0 spiro atoms. The normalized spacial score (nSPS) is 12.7. The van der Waals surface area contributed by atoms with Crippen molar-refractivity contribution < 1.29 is 28.6 Å². The van der Waals surface area contributed by atoms with Crippen LogP contribution in [0.15, 0.2) is 85.1 Å². The smallest absolute Gasteiger partial charge is 0.306 e. The van der Waals surface area contributed by atoms with Crippen molar-refractivity contribution in [2.45, 2.75) is 277 Å². The Bertz CT molecular complexity index is 1320. The molecule has 1 atom stereocenters. The van der Waals surface area contributed by atoms with E-state index in [4.69, 9.17) is 14.2 Å². The fourth-order valence-corrected chi connectivity index (χ4v) is 7.81. The quantitative estimate of drug-likeness (QED) is 0.0262. The molecule has 0 rings (SSSR count). The molecule has 6 heteroatoms. The van der Waals surface area contributed by atoms with Gasteiger partial charge in [-0.1, -0.05) is 221 Å². The zero-order valence-electron chi connectivity index (χ0n) is 44.6. The Morgan fingerprint density at radius 2 is 0.574 bits per heavy atom. The highest BCUT2D eigenvalue weighted by atomic mass is 16.6. The van der Waals surface area contributed by atoms with E-state index in [1.807, 2.05) is 0 Å². The fourth-order valence-electron chi connectivity index (χ4n) is 7.81. The predicted molar refractivity (Wildman–Crippen MR) is 293 cm³/mol. The average Bonchev–Trinajstić information content (AvgIpc) is 3.34. The highest BCUT2D eigenvalue weighted by molar-refractivity contribution is 5.71. The van der Waals surface area contributed by atoms with Gasteiger partial charge in [-0.2, -0.15) is 0 Å². The van der Waals surface area contributed by atoms with Crippen molar-refractivity contribution in [1.82, 2.24) is 0 Å². The molecule has 0 aliphatic rings. The summed E-state index contributed by atoms with van der Waals surface area (Å²) in [6.45, 7) is 6.47. The maximum Gasteiger partial charge on any atom is 0.306 e. The summed E-state index contributed by atoms with van der Waals surface area (Å²) in [5.41, 5.74) is 0. The number of allylic oxidation sites excluding steroid dienone is 14. The van der Waals surface area contributed by atoms with Gasteiger partial charge in [0, 0.05) is 19.3 Å². The highest BCUT2D eigenvalue weighted by Gasteiger charge is 2.19. The van der Waals surface area contributed by atoms with Gasteiger partial charge in [-0.3, -0.25) is 14.4 Å². The third kappa shape index (κ3) is 53.5. The average molecular weight is 948 g/mol. The van der Waals surface area contributed by atoms with Crippen LogP contribution < -0.4 is 0 Å². The number of unbranched alkanes of at least 4 members (excludes halogenated alkanes) is 26. The maximum absolute atomic E-state index is 12.8. The van der Waals surface area contributed by atoms with Crippen LogP contribution in [0.3, 0.4) is 0 Å². The molecule has 68 heavy (non-hydrogen) atoms. The standard InChI is InChI=1S/C62H106O6/c1-4-7-10-13-16-19-22-25-28-29-30-31-32-33-35-37-40-43-46-49-52-55-61(64)67-58-59(57-66-60(63)54-51-48-45-42-39-36-27-24-21-18-15-12-9-6-3)68-62(65)56-53-50-47-44-41-38-34-26-23-20-17-14-11-8-5-2/h8,11,17,20,22,24-27,29-30,34,41,44,59H,4-7,9-10,12-16,18-19,21,23,28,31-33,35-40,42-43,45-58H2,1-3H3/b11-8-,20-17-,25-22-,27-24-,30-29-,34-26-,44-41-. The number of hydrogen-bond donors (Lipinski definition) is 0. The molecule has 1 unspecified atom stereocenters. The lowest BCUT2D eigenvalue weighted by molar-refractivity contribution is -0.167. The van der Waals surface area contributed by atoms with Gasteiger partial charge in [-0.15, -0.1) is 0 Å². The third-order valence-corrected chi connectivity index (χ3v) is 12.1. The molecular formula is C62H106O6. The second-order valence-electron chi connectivity index (χ2n) is 18.8. The van der Waals surface area contributed by atoms with Gasteiger partial charge in [0.05, 0.1) is 0 Å². The van der Waals surface area contributed by atoms with E-state index < -0.39 is 6.10 Å². The van der Waals surface area contributed by atoms with Crippen LogP contribution in [0, 0.1) is 0 Å². The number of rotatable bonds is 51. The first kappa shape index (κ1) is 64.6. The van der Waals surface area contributed by atoms with Crippen molar-refractivity contribution >= 4 is 17.9 Å². The second-order valence-corrected chi connectivity index (χ2v) is 18.8. The Labute approximate surface area is 420 Å². The van der Waals surface area contributed by atoms with Gasteiger partial charge < -0.3 is 14.2 Å². The van der Waals surface area contributed by atoms with Gasteiger partial charge >= 0.3 is 17.9 Å². The summed E-state index contributed by atoms with van der Waals surface area (Å²) in [4.78, 5) is 38.1. The van der Waals surface area contributed by atoms with Crippen LogP contribution in [-0.2, 0) is 28.6 Å². The first-order valence-corrected chi connectivity index (χ1v) is 28.6. The van der Waals surface area contributed by atoms with Crippen molar-refractivity contribution in [2.75, 3.05) is 13.2 Å². The molecule has 0 heterocycles. The summed E-state index contributed by atoms with van der Waals surface area (Å²) in [6.07, 6.45) is 72.9. The maximum atomic E-state index is 12.8. The van der Waals surface area contributed by atoms with Gasteiger partial charge in [0.25, 0.3) is 0 Å². The first-order valence-electron chi connectivity index (χ1n) is 28.6. The van der Waals surface area contributed by atoms with Crippen LogP contribution in [0.25, 0.3) is 0 Å². The Hall–Kier alpha value is -3.41. The van der Waals surface area contributed by atoms with Crippen LogP contribution in [0.2, 0.25) is 0 Å². The number of carbonyl (C=O) groups excluding carboxylic acids is 3. The van der Waals surface area contributed by atoms with Crippen LogP contribution in [0.5, 0.6) is 0 Å². The summed E-state index contributed by atoms with van der Waals surface area (Å²) < 4.78 is 16.8. The molecule has 0 aliphatic carbocycles. The topological polar surface area (TPSA) is 78.9 Å². The van der Waals surface area contributed by atoms with E-state index in [1.165, 1.54) is 135 Å². The zero-order chi connectivity index (χ0) is 49.3. The molecule has 0 radical (unpaired) electrons. The summed E-state index contributed by atoms with van der Waals surface area (Å²) in [6, 6.07) is 0. The molecule has 0 amide bonds. The van der Waals surface area contributed by atoms with E-state index in [0.29, 0.717) is 19.3 Å². The number of ether oxygens (including phenoxy) is 3. The summed E-state index contributed by atoms with van der Waals surface area (Å²) >= 11 is 0. The van der Waals surface area contributed by atoms with Crippen molar-refractivity contribution in [2.24, 2.45) is 0 Å². The van der Waals surface area contributed by atoms with E-state index in [1.54, 1.807) is 0 Å². The van der Waals surface area contributed by atoms with Crippen LogP contribution >= 0.6 is 0 Å². The predicted octanol–water partition coefficient (Wildman–Crippen LogP) is 19.2. The number of carbonyl (C=O) groups is 3. The lowest BCUT2D eigenvalue weighted by atomic mass is 10.1. The first-order chi connectivity index (χ1) is 33.5. The van der Waals surface area contributed by atoms with Gasteiger partial charge in [0.15, 0.2) is 6.10 Å². The molecule has 0 aromatic heterocycles. The molecular weight excluding hydrogens is 841 g/mol. The highest BCUT2D eigenvalue weighted by Crippen LogP contribution is 2.14. The molecule has 0 N–H and O–H groups in total. The van der Waals surface area contributed by atoms with E-state index in [-0.39, 0.29) is 37.5 Å². The van der Waals surface area contributed by atoms with Crippen molar-refractivity contribution in [1.29, 1.82) is 0 Å². The van der Waals surface area contributed by atoms with Gasteiger partial charge in [0.1, 0.15) is 13.2 Å². The molecule has 6 nitrogen and oxygen atoms in total. The molecule has 0 bridgehead atoms. The van der Waals surface area contributed by atoms with E-state index in [9.17, 15) is 14.4 Å². The second kappa shape index (κ2) is 56.2. The Morgan fingerprint density at radius 1 is 0.309 bits per heavy atom. The van der Waals surface area contributed by atoms with Crippen molar-refractivity contribution in [3.05, 3.63) is 85.1 Å². The Balaban J connectivity index is 4.41. The van der Waals surface area contributed by atoms with Crippen LogP contribution in [-0.4, -0.2) is 37.2 Å². The van der Waals surface area contributed by atoms with Gasteiger partial charge in [-0.25, -0.2) is 0 Å². The minimum absolute atomic E-state index is 0.0980. The van der Waals surface area contributed by atoms with Crippen LogP contribution in [0.1, 0.15) is 271 Å². The largest absolute Gasteiger partial charge is 0.462 e. The summed E-state index contributed by atoms with van der Waals surface area (Å²) in [5, 5.41) is 0. The third-order valence-electron chi connectivity index (χ3n) is 12.1. The SMILES string of the molecule is CC/C=C\C/C=C\C/C=C\C/C=C\CCCCC(=O)OC(COC(=O)CCCCCCC/C=C\CCCCCCC)COC(=O)CCCCCCCCCCC/C=C\C/C=C\CCCCCCC. The molecule has 0 saturated heterocycles. The van der Waals surface area contributed by atoms with E-state index in [2.05, 4.69) is 106 Å². The van der Waals surface area contributed by atoms with Crippen LogP contribution in [0.4, 0.5) is 0 Å². The molecule has 0 fully saturated rings. The van der Waals surface area contributed by atoms with Gasteiger partial charge in [0.2, 0.25) is 0 Å². The molecule has 0 aliphatic heterocycles. The van der Waals surface area contributed by atoms with Crippen molar-refractivity contribution in [3.8, 4) is 0 Å². The minimum atomic E-state index is -0.804. The van der Waals surface area contributed by atoms with E-state index in [0.717, 1.165) is 89.9 Å². The van der Waals surface area contributed by atoms with Crippen molar-refractivity contribution in [3.63, 3.8) is 0 Å². The Kier molecular flexibility index (Phi) is 53.4. The molecule has 0 aromatic carbocycles. The zero-order valence-corrected chi connectivity index (χ0v) is 44.6. The minimum Gasteiger partial charge on any atom is -0.462 e. The number of esters is 3. The summed E-state index contributed by atoms with van der Waals surface area (Å²) in [7, 11) is 0. The summed E-state index contributed by atoms with van der Waals surface area (Å²) in [5.74, 6) is -0.948. The lowest BCUT2D eigenvalue weighted by Crippen LogP contribution is -2.30. The molecule has 0 aromatic rings. The Morgan fingerprint density at radius 3 is 0.941 bits per heavy atom. The number of hydrogen-bond acceptors (Lipinski definition) is 6. The fraction of sp³-hybridized carbons (Fsp3) is 0.726. The van der Waals surface area contributed by atoms with E-state index >= 15 is 0 Å². The monoisotopic (exact) mass is 947 g/mol. The molecule has 0 saturated carbocycles. The lowest BCUT2D eigenvalue weighted by Gasteiger charge is -2.18. The van der Waals surface area contributed by atoms with Gasteiger partial charge in [-0.05, 0) is 116 Å². The molecule has 390 valence electrons.